The Kier molecular flexibility index (Phi) is 5.22. The van der Waals surface area contributed by atoms with Crippen molar-refractivity contribution in [3.63, 3.8) is 0 Å². The number of amides is 1. The van der Waals surface area contributed by atoms with Gasteiger partial charge in [0.2, 0.25) is 15.9 Å². The van der Waals surface area contributed by atoms with Crippen LogP contribution in [0.5, 0.6) is 0 Å². The van der Waals surface area contributed by atoms with Gasteiger partial charge in [0.1, 0.15) is 0 Å². The first-order valence-electron chi connectivity index (χ1n) is 8.57. The van der Waals surface area contributed by atoms with Crippen LogP contribution >= 0.6 is 0 Å². The predicted molar refractivity (Wildman–Crippen MR) is 92.2 cm³/mol. The highest BCUT2D eigenvalue weighted by atomic mass is 32.2. The summed E-state index contributed by atoms with van der Waals surface area (Å²) in [6, 6.07) is 7.18. The lowest BCUT2D eigenvalue weighted by Gasteiger charge is -2.34. The first kappa shape index (κ1) is 17.4. The third kappa shape index (κ3) is 4.34. The molecule has 1 saturated carbocycles. The quantitative estimate of drug-likeness (QED) is 0.797. The maximum Gasteiger partial charge on any atom is 0.240 e. The number of hydrogen-bond donors (Lipinski definition) is 2. The SMILES string of the molecule is C[C@@H]1CNCCN1C(=O)CCc1ccc(S(=O)(=O)NC2CC2)cc1. The maximum atomic E-state index is 12.3. The molecule has 2 N–H and O–H groups in total. The van der Waals surface area contributed by atoms with Crippen molar-refractivity contribution in [3.8, 4) is 0 Å². The minimum absolute atomic E-state index is 0.105. The van der Waals surface area contributed by atoms with Crippen LogP contribution in [0, 0.1) is 0 Å². The summed E-state index contributed by atoms with van der Waals surface area (Å²) in [6.07, 6.45) is 2.93. The topological polar surface area (TPSA) is 78.5 Å². The smallest absolute Gasteiger partial charge is 0.240 e. The predicted octanol–water partition coefficient (Wildman–Crippen LogP) is 0.880. The van der Waals surface area contributed by atoms with Crippen LogP contribution in [0.25, 0.3) is 0 Å². The zero-order valence-corrected chi connectivity index (χ0v) is 14.8. The number of hydrogen-bond acceptors (Lipinski definition) is 4. The molecule has 0 radical (unpaired) electrons. The van der Waals surface area contributed by atoms with Crippen LogP contribution in [0.2, 0.25) is 0 Å². The molecule has 1 aromatic rings. The van der Waals surface area contributed by atoms with E-state index in [0.717, 1.165) is 38.0 Å². The van der Waals surface area contributed by atoms with Crippen LogP contribution < -0.4 is 10.0 Å². The van der Waals surface area contributed by atoms with E-state index in [1.165, 1.54) is 0 Å². The Morgan fingerprint density at radius 2 is 2.00 bits per heavy atom. The molecule has 1 aromatic carbocycles. The monoisotopic (exact) mass is 351 g/mol. The fourth-order valence-electron chi connectivity index (χ4n) is 2.93. The second kappa shape index (κ2) is 7.21. The Bertz CT molecular complexity index is 684. The van der Waals surface area contributed by atoms with E-state index in [4.69, 9.17) is 0 Å². The summed E-state index contributed by atoms with van der Waals surface area (Å²) < 4.78 is 26.9. The van der Waals surface area contributed by atoms with Crippen molar-refractivity contribution in [1.82, 2.24) is 14.9 Å². The van der Waals surface area contributed by atoms with Gasteiger partial charge in [0.05, 0.1) is 4.90 Å². The summed E-state index contributed by atoms with van der Waals surface area (Å²) in [5.74, 6) is 0.163. The number of piperazine rings is 1. The van der Waals surface area contributed by atoms with Crippen LogP contribution in [0.3, 0.4) is 0 Å². The molecule has 1 aliphatic heterocycles. The van der Waals surface area contributed by atoms with Gasteiger partial charge in [-0.15, -0.1) is 0 Å². The van der Waals surface area contributed by atoms with E-state index in [0.29, 0.717) is 17.7 Å². The lowest BCUT2D eigenvalue weighted by atomic mass is 10.1. The van der Waals surface area contributed by atoms with Crippen LogP contribution in [0.4, 0.5) is 0 Å². The van der Waals surface area contributed by atoms with E-state index < -0.39 is 10.0 Å². The molecule has 6 nitrogen and oxygen atoms in total. The molecular weight excluding hydrogens is 326 g/mol. The lowest BCUT2D eigenvalue weighted by Crippen LogP contribution is -2.52. The molecule has 1 saturated heterocycles. The van der Waals surface area contributed by atoms with E-state index in [1.54, 1.807) is 24.3 Å². The van der Waals surface area contributed by atoms with Gasteiger partial charge in [-0.3, -0.25) is 4.79 Å². The molecule has 0 unspecified atom stereocenters. The summed E-state index contributed by atoms with van der Waals surface area (Å²) in [4.78, 5) is 14.5. The molecule has 1 amide bonds. The number of sulfonamides is 1. The largest absolute Gasteiger partial charge is 0.337 e. The van der Waals surface area contributed by atoms with Gasteiger partial charge in [0.25, 0.3) is 0 Å². The summed E-state index contributed by atoms with van der Waals surface area (Å²) in [7, 11) is -3.40. The van der Waals surface area contributed by atoms with Gasteiger partial charge < -0.3 is 10.2 Å². The van der Waals surface area contributed by atoms with E-state index in [-0.39, 0.29) is 18.0 Å². The van der Waals surface area contributed by atoms with Gasteiger partial charge in [0, 0.05) is 38.1 Å². The average molecular weight is 351 g/mol. The van der Waals surface area contributed by atoms with Crippen molar-refractivity contribution in [1.29, 1.82) is 0 Å². The normalized spacial score (nSPS) is 21.7. The Morgan fingerprint density at radius 1 is 1.29 bits per heavy atom. The molecular formula is C17H25N3O3S. The number of rotatable bonds is 6. The van der Waals surface area contributed by atoms with Crippen molar-refractivity contribution in [2.75, 3.05) is 19.6 Å². The molecule has 2 fully saturated rings. The molecule has 24 heavy (non-hydrogen) atoms. The summed E-state index contributed by atoms with van der Waals surface area (Å²) in [6.45, 7) is 4.49. The van der Waals surface area contributed by atoms with Crippen molar-refractivity contribution in [2.24, 2.45) is 0 Å². The molecule has 1 aliphatic carbocycles. The van der Waals surface area contributed by atoms with Crippen LogP contribution in [0.15, 0.2) is 29.2 Å². The van der Waals surface area contributed by atoms with Crippen LogP contribution in [-0.4, -0.2) is 50.9 Å². The lowest BCUT2D eigenvalue weighted by molar-refractivity contribution is -0.133. The standard InChI is InChI=1S/C17H25N3O3S/c1-13-12-18-10-11-20(13)17(21)9-4-14-2-7-16(8-3-14)24(22,23)19-15-5-6-15/h2-3,7-8,13,15,18-19H,4-6,9-12H2,1H3/t13-/m1/s1. The van der Waals surface area contributed by atoms with Crippen LogP contribution in [0.1, 0.15) is 31.7 Å². The average Bonchev–Trinajstić information content (AvgIpc) is 3.37. The Balaban J connectivity index is 1.55. The van der Waals surface area contributed by atoms with Gasteiger partial charge in [0.15, 0.2) is 0 Å². The number of nitrogens with one attached hydrogen (secondary N) is 2. The molecule has 1 heterocycles. The summed E-state index contributed by atoms with van der Waals surface area (Å²) >= 11 is 0. The molecule has 2 aliphatic rings. The van der Waals surface area contributed by atoms with Gasteiger partial charge >= 0.3 is 0 Å². The molecule has 0 spiro atoms. The molecule has 3 rings (SSSR count). The zero-order chi connectivity index (χ0) is 17.2. The number of carbonyl (C=O) groups excluding carboxylic acids is 1. The third-order valence-electron chi connectivity index (χ3n) is 4.58. The minimum Gasteiger partial charge on any atom is -0.337 e. The van der Waals surface area contributed by atoms with Crippen LogP contribution in [-0.2, 0) is 21.2 Å². The number of nitrogens with zero attached hydrogens (tertiary/aromatic N) is 1. The highest BCUT2D eigenvalue weighted by Gasteiger charge is 2.28. The second-order valence-electron chi connectivity index (χ2n) is 6.68. The molecule has 0 aromatic heterocycles. The van der Waals surface area contributed by atoms with E-state index >= 15 is 0 Å². The summed E-state index contributed by atoms with van der Waals surface area (Å²) in [5, 5.41) is 3.27. The van der Waals surface area contributed by atoms with Crippen molar-refractivity contribution in [3.05, 3.63) is 29.8 Å². The molecule has 7 heteroatoms. The zero-order valence-electron chi connectivity index (χ0n) is 14.0. The Morgan fingerprint density at radius 3 is 2.62 bits per heavy atom. The minimum atomic E-state index is -3.40. The number of aryl methyl sites for hydroxylation is 1. The highest BCUT2D eigenvalue weighted by molar-refractivity contribution is 7.89. The number of benzene rings is 1. The Labute approximate surface area is 143 Å². The highest BCUT2D eigenvalue weighted by Crippen LogP contribution is 2.22. The fraction of sp³-hybridized carbons (Fsp3) is 0.588. The van der Waals surface area contributed by atoms with E-state index in [2.05, 4.69) is 17.0 Å². The molecule has 0 bridgehead atoms. The fourth-order valence-corrected chi connectivity index (χ4v) is 4.24. The number of carbonyl (C=O) groups is 1. The van der Waals surface area contributed by atoms with E-state index in [1.807, 2.05) is 4.90 Å². The first-order valence-corrected chi connectivity index (χ1v) is 10.1. The first-order chi connectivity index (χ1) is 11.5. The summed E-state index contributed by atoms with van der Waals surface area (Å²) in [5.41, 5.74) is 0.983. The third-order valence-corrected chi connectivity index (χ3v) is 6.12. The second-order valence-corrected chi connectivity index (χ2v) is 8.39. The maximum absolute atomic E-state index is 12.3. The Hall–Kier alpha value is -1.44. The van der Waals surface area contributed by atoms with Gasteiger partial charge in [-0.05, 0) is 43.9 Å². The van der Waals surface area contributed by atoms with Crippen molar-refractivity contribution < 1.29 is 13.2 Å². The van der Waals surface area contributed by atoms with Crippen molar-refractivity contribution in [2.45, 2.75) is 49.6 Å². The van der Waals surface area contributed by atoms with Gasteiger partial charge in [-0.25, -0.2) is 13.1 Å². The molecule has 1 atom stereocenters. The van der Waals surface area contributed by atoms with Gasteiger partial charge in [-0.2, -0.15) is 0 Å². The van der Waals surface area contributed by atoms with Crippen molar-refractivity contribution >= 4 is 15.9 Å². The molecule has 132 valence electrons. The van der Waals surface area contributed by atoms with Gasteiger partial charge in [-0.1, -0.05) is 12.1 Å². The van der Waals surface area contributed by atoms with E-state index in [9.17, 15) is 13.2 Å².